The van der Waals surface area contributed by atoms with E-state index < -0.39 is 11.9 Å². The quantitative estimate of drug-likeness (QED) is 0.670. The predicted molar refractivity (Wildman–Crippen MR) is 47.0 cm³/mol. The van der Waals surface area contributed by atoms with Gasteiger partial charge in [0.2, 0.25) is 0 Å². The Morgan fingerprint density at radius 3 is 2.42 bits per heavy atom. The molecule has 0 aliphatic heterocycles. The molecule has 0 radical (unpaired) electrons. The van der Waals surface area contributed by atoms with Crippen molar-refractivity contribution in [3.63, 3.8) is 0 Å². The fourth-order valence-electron chi connectivity index (χ4n) is 0.623. The van der Waals surface area contributed by atoms with E-state index in [0.29, 0.717) is 3.57 Å². The van der Waals surface area contributed by atoms with E-state index in [1.807, 2.05) is 22.6 Å². The van der Waals surface area contributed by atoms with Gasteiger partial charge in [-0.2, -0.15) is 13.2 Å². The number of aromatic nitrogens is 1. The van der Waals surface area contributed by atoms with Gasteiger partial charge in [-0.25, -0.2) is 4.98 Å². The highest BCUT2D eigenvalue weighted by Crippen LogP contribution is 2.33. The van der Waals surface area contributed by atoms with Gasteiger partial charge in [0.25, 0.3) is 0 Å². The Morgan fingerprint density at radius 2 is 2.00 bits per heavy atom. The zero-order chi connectivity index (χ0) is 9.35. The molecule has 1 heterocycles. The molecule has 0 aliphatic carbocycles. The van der Waals surface area contributed by atoms with Gasteiger partial charge in [-0.15, -0.1) is 0 Å². The summed E-state index contributed by atoms with van der Waals surface area (Å²) in [6.45, 7) is 0. The number of halogens is 5. The topological polar surface area (TPSA) is 12.9 Å². The third-order valence-electron chi connectivity index (χ3n) is 1.08. The van der Waals surface area contributed by atoms with Crippen LogP contribution in [0.3, 0.4) is 0 Å². The van der Waals surface area contributed by atoms with Crippen molar-refractivity contribution < 1.29 is 13.2 Å². The van der Waals surface area contributed by atoms with Crippen LogP contribution in [0.1, 0.15) is 5.69 Å². The summed E-state index contributed by atoms with van der Waals surface area (Å²) in [4.78, 5) is 3.18. The molecule has 0 amide bonds. The number of alkyl halides is 3. The fraction of sp³-hybridized carbons (Fsp3) is 0.167. The first kappa shape index (κ1) is 10.0. The molecular weight excluding hydrogens is 305 g/mol. The summed E-state index contributed by atoms with van der Waals surface area (Å²) in [7, 11) is 0. The third kappa shape index (κ3) is 2.22. The van der Waals surface area contributed by atoms with Gasteiger partial charge in [0.05, 0.1) is 5.02 Å². The molecule has 0 aliphatic rings. The maximum absolute atomic E-state index is 12.0. The predicted octanol–water partition coefficient (Wildman–Crippen LogP) is 3.36. The molecule has 1 nitrogen and oxygen atoms in total. The first-order chi connectivity index (χ1) is 5.41. The SMILES string of the molecule is FC(F)(F)c1ncc(I)cc1Cl. The van der Waals surface area contributed by atoms with E-state index in [1.54, 1.807) is 0 Å². The van der Waals surface area contributed by atoms with Gasteiger partial charge >= 0.3 is 6.18 Å². The lowest BCUT2D eigenvalue weighted by Gasteiger charge is -2.06. The molecule has 0 atom stereocenters. The van der Waals surface area contributed by atoms with Crippen LogP contribution in [0.2, 0.25) is 5.02 Å². The molecule has 0 fully saturated rings. The van der Waals surface area contributed by atoms with Gasteiger partial charge in [0.15, 0.2) is 5.69 Å². The summed E-state index contributed by atoms with van der Waals surface area (Å²) in [5, 5.41) is -0.366. The van der Waals surface area contributed by atoms with E-state index >= 15 is 0 Å². The Labute approximate surface area is 85.1 Å². The first-order valence-corrected chi connectivity index (χ1v) is 4.25. The average Bonchev–Trinajstić information content (AvgIpc) is 1.83. The zero-order valence-electron chi connectivity index (χ0n) is 5.49. The second kappa shape index (κ2) is 3.37. The van der Waals surface area contributed by atoms with Crippen molar-refractivity contribution >= 4 is 34.2 Å². The number of hydrogen-bond acceptors (Lipinski definition) is 1. The largest absolute Gasteiger partial charge is 0.434 e. The van der Waals surface area contributed by atoms with E-state index in [4.69, 9.17) is 11.6 Å². The number of pyridine rings is 1. The monoisotopic (exact) mass is 307 g/mol. The van der Waals surface area contributed by atoms with E-state index in [9.17, 15) is 13.2 Å². The standard InChI is InChI=1S/C6H2ClF3IN/c7-4-1-3(11)2-12-5(4)6(8,9)10/h1-2H. The maximum atomic E-state index is 12.0. The van der Waals surface area contributed by atoms with E-state index in [2.05, 4.69) is 4.98 Å². The minimum absolute atomic E-state index is 0.366. The van der Waals surface area contributed by atoms with Crippen molar-refractivity contribution in [3.05, 3.63) is 26.5 Å². The van der Waals surface area contributed by atoms with Crippen LogP contribution in [0.15, 0.2) is 12.3 Å². The van der Waals surface area contributed by atoms with Gasteiger partial charge in [0, 0.05) is 9.77 Å². The van der Waals surface area contributed by atoms with Crippen LogP contribution in [0.5, 0.6) is 0 Å². The van der Waals surface area contributed by atoms with Crippen molar-refractivity contribution in [1.82, 2.24) is 4.98 Å². The first-order valence-electron chi connectivity index (χ1n) is 2.79. The smallest absolute Gasteiger partial charge is 0.249 e. The second-order valence-electron chi connectivity index (χ2n) is 1.98. The molecule has 1 aromatic heterocycles. The molecular formula is C6H2ClF3IN. The highest BCUT2D eigenvalue weighted by molar-refractivity contribution is 14.1. The van der Waals surface area contributed by atoms with Crippen LogP contribution in [0.25, 0.3) is 0 Å². The van der Waals surface area contributed by atoms with Crippen molar-refractivity contribution in [2.75, 3.05) is 0 Å². The van der Waals surface area contributed by atoms with Crippen LogP contribution in [0.4, 0.5) is 13.2 Å². The fourth-order valence-corrected chi connectivity index (χ4v) is 1.53. The Morgan fingerprint density at radius 1 is 1.42 bits per heavy atom. The van der Waals surface area contributed by atoms with E-state index in [0.717, 1.165) is 6.20 Å². The van der Waals surface area contributed by atoms with Crippen molar-refractivity contribution in [1.29, 1.82) is 0 Å². The number of nitrogens with zero attached hydrogens (tertiary/aromatic N) is 1. The summed E-state index contributed by atoms with van der Waals surface area (Å²) in [6.07, 6.45) is -3.35. The minimum Gasteiger partial charge on any atom is -0.249 e. The number of rotatable bonds is 0. The van der Waals surface area contributed by atoms with Crippen LogP contribution < -0.4 is 0 Å². The molecule has 0 saturated heterocycles. The van der Waals surface area contributed by atoms with Gasteiger partial charge < -0.3 is 0 Å². The van der Waals surface area contributed by atoms with Crippen LogP contribution in [-0.4, -0.2) is 4.98 Å². The van der Waals surface area contributed by atoms with Crippen molar-refractivity contribution in [2.45, 2.75) is 6.18 Å². The highest BCUT2D eigenvalue weighted by atomic mass is 127. The average molecular weight is 307 g/mol. The van der Waals surface area contributed by atoms with Gasteiger partial charge in [-0.05, 0) is 28.7 Å². The molecule has 0 N–H and O–H groups in total. The molecule has 0 spiro atoms. The summed E-state index contributed by atoms with van der Waals surface area (Å²) in [5.74, 6) is 0. The second-order valence-corrected chi connectivity index (χ2v) is 3.63. The zero-order valence-corrected chi connectivity index (χ0v) is 8.41. The molecule has 1 rings (SSSR count). The molecule has 6 heteroatoms. The van der Waals surface area contributed by atoms with Gasteiger partial charge in [0.1, 0.15) is 0 Å². The molecule has 0 aromatic carbocycles. The van der Waals surface area contributed by atoms with Gasteiger partial charge in [-0.3, -0.25) is 0 Å². The van der Waals surface area contributed by atoms with Crippen molar-refractivity contribution in [3.8, 4) is 0 Å². The lowest BCUT2D eigenvalue weighted by Crippen LogP contribution is -2.08. The molecule has 12 heavy (non-hydrogen) atoms. The van der Waals surface area contributed by atoms with Gasteiger partial charge in [-0.1, -0.05) is 11.6 Å². The lowest BCUT2D eigenvalue weighted by molar-refractivity contribution is -0.141. The molecule has 0 unspecified atom stereocenters. The van der Waals surface area contributed by atoms with Crippen LogP contribution in [-0.2, 0) is 6.18 Å². The molecule has 66 valence electrons. The van der Waals surface area contributed by atoms with Crippen LogP contribution >= 0.6 is 34.2 Å². The molecule has 0 bridgehead atoms. The van der Waals surface area contributed by atoms with E-state index in [-0.39, 0.29) is 5.02 Å². The Hall–Kier alpha value is -0.0400. The normalized spacial score (nSPS) is 11.8. The maximum Gasteiger partial charge on any atom is 0.434 e. The summed E-state index contributed by atoms with van der Waals surface area (Å²) in [6, 6.07) is 1.22. The number of hydrogen-bond donors (Lipinski definition) is 0. The molecule has 1 aromatic rings. The summed E-state index contributed by atoms with van der Waals surface area (Å²) < 4.78 is 36.7. The van der Waals surface area contributed by atoms with Crippen molar-refractivity contribution in [2.24, 2.45) is 0 Å². The minimum atomic E-state index is -4.47. The van der Waals surface area contributed by atoms with E-state index in [1.165, 1.54) is 6.07 Å². The highest BCUT2D eigenvalue weighted by Gasteiger charge is 2.34. The lowest BCUT2D eigenvalue weighted by atomic mass is 10.3. The van der Waals surface area contributed by atoms with Crippen LogP contribution in [0, 0.1) is 3.57 Å². The summed E-state index contributed by atoms with van der Waals surface area (Å²) >= 11 is 7.16. The summed E-state index contributed by atoms with van der Waals surface area (Å²) in [5.41, 5.74) is -1.04. The Kier molecular flexibility index (Phi) is 2.82. The molecule has 0 saturated carbocycles. The third-order valence-corrected chi connectivity index (χ3v) is 1.95. The Bertz CT molecular complexity index is 299. The Balaban J connectivity index is 3.19.